The number of amidine groups is 2. The first-order valence-electron chi connectivity index (χ1n) is 8.67. The molecule has 0 amide bonds. The van der Waals surface area contributed by atoms with Gasteiger partial charge in [-0.05, 0) is 17.7 Å². The van der Waals surface area contributed by atoms with Gasteiger partial charge in [-0.3, -0.25) is 9.98 Å². The molecular formula is C20H20ClN5. The summed E-state index contributed by atoms with van der Waals surface area (Å²) in [6.07, 6.45) is 0. The van der Waals surface area contributed by atoms with E-state index in [4.69, 9.17) is 0 Å². The summed E-state index contributed by atoms with van der Waals surface area (Å²) < 4.78 is 0. The molecule has 3 heterocycles. The van der Waals surface area contributed by atoms with Gasteiger partial charge >= 0.3 is 0 Å². The Balaban J connectivity index is 0.00000168. The minimum atomic E-state index is 0. The smallest absolute Gasteiger partial charge is 0.128 e. The Morgan fingerprint density at radius 2 is 1.31 bits per heavy atom. The average molecular weight is 366 g/mol. The van der Waals surface area contributed by atoms with E-state index in [-0.39, 0.29) is 12.4 Å². The predicted octanol–water partition coefficient (Wildman–Crippen LogP) is 2.96. The molecule has 1 aromatic heterocycles. The summed E-state index contributed by atoms with van der Waals surface area (Å²) >= 11 is 0. The Morgan fingerprint density at radius 3 is 1.96 bits per heavy atom. The second-order valence-electron chi connectivity index (χ2n) is 6.38. The van der Waals surface area contributed by atoms with Crippen molar-refractivity contribution >= 4 is 35.0 Å². The summed E-state index contributed by atoms with van der Waals surface area (Å²) in [6.45, 7) is 3.58. The van der Waals surface area contributed by atoms with Crippen molar-refractivity contribution in [3.63, 3.8) is 0 Å². The van der Waals surface area contributed by atoms with Crippen LogP contribution in [0.5, 0.6) is 0 Å². The maximum atomic E-state index is 4.50. The molecule has 0 bridgehead atoms. The number of hydrogen-bond acceptors (Lipinski definition) is 4. The van der Waals surface area contributed by atoms with E-state index in [9.17, 15) is 0 Å². The largest absolute Gasteiger partial charge is 0.368 e. The van der Waals surface area contributed by atoms with E-state index in [0.29, 0.717) is 0 Å². The number of aliphatic imine (C=N–C) groups is 2. The molecule has 26 heavy (non-hydrogen) atoms. The highest BCUT2D eigenvalue weighted by Crippen LogP contribution is 2.25. The predicted molar refractivity (Wildman–Crippen MR) is 110 cm³/mol. The van der Waals surface area contributed by atoms with Gasteiger partial charge in [0.1, 0.15) is 11.7 Å². The van der Waals surface area contributed by atoms with Gasteiger partial charge in [0, 0.05) is 40.8 Å². The first-order chi connectivity index (χ1) is 12.4. The number of rotatable bonds is 3. The molecule has 5 nitrogen and oxygen atoms in total. The first-order valence-corrected chi connectivity index (χ1v) is 8.67. The highest BCUT2D eigenvalue weighted by Gasteiger charge is 2.11. The van der Waals surface area contributed by atoms with Crippen LogP contribution in [0, 0.1) is 0 Å². The van der Waals surface area contributed by atoms with E-state index in [2.05, 4.69) is 74.1 Å². The van der Waals surface area contributed by atoms with Crippen molar-refractivity contribution in [2.75, 3.05) is 26.2 Å². The summed E-state index contributed by atoms with van der Waals surface area (Å²) in [5.41, 5.74) is 5.72. The van der Waals surface area contributed by atoms with Crippen molar-refractivity contribution in [2.24, 2.45) is 9.98 Å². The minimum Gasteiger partial charge on any atom is -0.368 e. The van der Waals surface area contributed by atoms with Crippen LogP contribution in [0.1, 0.15) is 11.1 Å². The number of H-pyrrole nitrogens is 1. The summed E-state index contributed by atoms with van der Waals surface area (Å²) in [4.78, 5) is 12.5. The lowest BCUT2D eigenvalue weighted by Gasteiger charge is -2.04. The SMILES string of the molecule is Cl.c1cc(-c2cc3ccc(C4=NCCN4)cc3[nH]2)ccc1C1=NCCN1. The van der Waals surface area contributed by atoms with Crippen molar-refractivity contribution in [3.8, 4) is 11.3 Å². The van der Waals surface area contributed by atoms with E-state index >= 15 is 0 Å². The third-order valence-corrected chi connectivity index (χ3v) is 4.71. The van der Waals surface area contributed by atoms with Crippen molar-refractivity contribution in [1.82, 2.24) is 15.6 Å². The van der Waals surface area contributed by atoms with Crippen molar-refractivity contribution in [2.45, 2.75) is 0 Å². The third kappa shape index (κ3) is 2.95. The van der Waals surface area contributed by atoms with Gasteiger partial charge in [0.15, 0.2) is 0 Å². The van der Waals surface area contributed by atoms with Crippen LogP contribution in [0.3, 0.4) is 0 Å². The van der Waals surface area contributed by atoms with Gasteiger partial charge in [-0.15, -0.1) is 12.4 Å². The van der Waals surface area contributed by atoms with Crippen LogP contribution in [0.4, 0.5) is 0 Å². The lowest BCUT2D eigenvalue weighted by molar-refractivity contribution is 0.960. The van der Waals surface area contributed by atoms with Gasteiger partial charge in [-0.25, -0.2) is 0 Å². The van der Waals surface area contributed by atoms with Crippen molar-refractivity contribution < 1.29 is 0 Å². The number of benzene rings is 2. The molecule has 3 N–H and O–H groups in total. The number of hydrogen-bond donors (Lipinski definition) is 3. The molecule has 0 unspecified atom stereocenters. The Kier molecular flexibility index (Phi) is 4.39. The zero-order valence-electron chi connectivity index (χ0n) is 14.2. The summed E-state index contributed by atoms with van der Waals surface area (Å²) in [7, 11) is 0. The number of fused-ring (bicyclic) bond motifs is 1. The second-order valence-corrected chi connectivity index (χ2v) is 6.38. The monoisotopic (exact) mass is 365 g/mol. The molecule has 0 fully saturated rings. The second kappa shape index (κ2) is 6.84. The van der Waals surface area contributed by atoms with Crippen LogP contribution < -0.4 is 10.6 Å². The van der Waals surface area contributed by atoms with E-state index in [1.54, 1.807) is 0 Å². The summed E-state index contributed by atoms with van der Waals surface area (Å²) in [6, 6.07) is 17.2. The topological polar surface area (TPSA) is 64.6 Å². The van der Waals surface area contributed by atoms with E-state index in [1.165, 1.54) is 10.9 Å². The lowest BCUT2D eigenvalue weighted by Crippen LogP contribution is -2.19. The van der Waals surface area contributed by atoms with E-state index < -0.39 is 0 Å². The number of nitrogens with one attached hydrogen (secondary N) is 3. The molecule has 2 aliphatic rings. The van der Waals surface area contributed by atoms with Gasteiger partial charge < -0.3 is 15.6 Å². The standard InChI is InChI=1S/C20H19N5.ClH/c1-3-14(19-21-7-8-22-19)4-2-13(1)17-11-15-5-6-16(12-18(15)25-17)20-23-9-10-24-20;/h1-6,11-12,25H,7-10H2,(H,21,22)(H,23,24);1H. The number of aromatic amines is 1. The molecule has 0 spiro atoms. The van der Waals surface area contributed by atoms with E-state index in [1.807, 2.05) is 0 Å². The molecule has 6 heteroatoms. The Morgan fingerprint density at radius 1 is 0.692 bits per heavy atom. The highest BCUT2D eigenvalue weighted by molar-refractivity contribution is 6.03. The van der Waals surface area contributed by atoms with Gasteiger partial charge in [0.2, 0.25) is 0 Å². The first kappa shape index (κ1) is 16.7. The zero-order chi connectivity index (χ0) is 16.6. The van der Waals surface area contributed by atoms with Gasteiger partial charge in [0.05, 0.1) is 13.1 Å². The fourth-order valence-electron chi connectivity index (χ4n) is 3.42. The van der Waals surface area contributed by atoms with Gasteiger partial charge in [-0.2, -0.15) is 0 Å². The Hall–Kier alpha value is -2.79. The fourth-order valence-corrected chi connectivity index (χ4v) is 3.42. The minimum absolute atomic E-state index is 0. The zero-order valence-corrected chi connectivity index (χ0v) is 15.1. The van der Waals surface area contributed by atoms with Gasteiger partial charge in [-0.1, -0.05) is 36.4 Å². The van der Waals surface area contributed by atoms with Crippen molar-refractivity contribution in [1.29, 1.82) is 0 Å². The molecular weight excluding hydrogens is 346 g/mol. The molecule has 0 radical (unpaired) electrons. The lowest BCUT2D eigenvalue weighted by atomic mass is 10.1. The number of halogens is 1. The maximum absolute atomic E-state index is 4.50. The van der Waals surface area contributed by atoms with Gasteiger partial charge in [0.25, 0.3) is 0 Å². The molecule has 2 aromatic carbocycles. The van der Waals surface area contributed by atoms with Crippen LogP contribution in [0.25, 0.3) is 22.2 Å². The van der Waals surface area contributed by atoms with Crippen molar-refractivity contribution in [3.05, 3.63) is 59.7 Å². The van der Waals surface area contributed by atoms with Crippen LogP contribution >= 0.6 is 12.4 Å². The maximum Gasteiger partial charge on any atom is 0.128 e. The highest BCUT2D eigenvalue weighted by atomic mass is 35.5. The average Bonchev–Trinajstić information content (AvgIpc) is 3.42. The molecule has 0 aliphatic carbocycles. The van der Waals surface area contributed by atoms with Crippen LogP contribution in [0.15, 0.2) is 58.5 Å². The molecule has 0 atom stereocenters. The Bertz CT molecular complexity index is 1000. The number of aromatic nitrogens is 1. The van der Waals surface area contributed by atoms with Crippen LogP contribution in [0.2, 0.25) is 0 Å². The quantitative estimate of drug-likeness (QED) is 0.668. The number of nitrogens with zero attached hydrogens (tertiary/aromatic N) is 2. The Labute approximate surface area is 158 Å². The molecule has 2 aliphatic heterocycles. The molecule has 132 valence electrons. The summed E-state index contributed by atoms with van der Waals surface area (Å²) in [5, 5.41) is 7.85. The molecule has 5 rings (SSSR count). The fraction of sp³-hybridized carbons (Fsp3) is 0.200. The molecule has 0 saturated heterocycles. The summed E-state index contributed by atoms with van der Waals surface area (Å²) in [5.74, 6) is 1.99. The van der Waals surface area contributed by atoms with E-state index in [0.717, 1.165) is 60.2 Å². The molecule has 0 saturated carbocycles. The normalized spacial score (nSPS) is 15.8. The van der Waals surface area contributed by atoms with Crippen LogP contribution in [-0.4, -0.2) is 42.8 Å². The third-order valence-electron chi connectivity index (χ3n) is 4.71. The molecule has 3 aromatic rings. The van der Waals surface area contributed by atoms with Crippen LogP contribution in [-0.2, 0) is 0 Å².